The summed E-state index contributed by atoms with van der Waals surface area (Å²) in [5, 5.41) is 5.95. The molecule has 0 aliphatic heterocycles. The zero-order valence-electron chi connectivity index (χ0n) is 11.8. The second kappa shape index (κ2) is 6.72. The van der Waals surface area contributed by atoms with Crippen LogP contribution in [-0.2, 0) is 0 Å². The van der Waals surface area contributed by atoms with Gasteiger partial charge in [-0.05, 0) is 65.7 Å². The van der Waals surface area contributed by atoms with Crippen molar-refractivity contribution in [3.05, 3.63) is 57.8 Å². The molecule has 5 heteroatoms. The molecule has 1 amide bonds. The first-order valence-electron chi connectivity index (χ1n) is 6.62. The van der Waals surface area contributed by atoms with Crippen molar-refractivity contribution in [2.45, 2.75) is 13.8 Å². The highest BCUT2D eigenvalue weighted by molar-refractivity contribution is 9.10. The molecule has 2 aromatic carbocycles. The Morgan fingerprint density at radius 2 is 1.95 bits per heavy atom. The zero-order valence-corrected chi connectivity index (χ0v) is 13.4. The molecule has 21 heavy (non-hydrogen) atoms. The predicted octanol–water partition coefficient (Wildman–Crippen LogP) is 4.58. The van der Waals surface area contributed by atoms with Gasteiger partial charge in [-0.2, -0.15) is 0 Å². The summed E-state index contributed by atoms with van der Waals surface area (Å²) < 4.78 is 13.6. The molecule has 0 heterocycles. The van der Waals surface area contributed by atoms with E-state index in [-0.39, 0.29) is 11.7 Å². The van der Waals surface area contributed by atoms with Crippen LogP contribution >= 0.6 is 15.9 Å². The monoisotopic (exact) mass is 350 g/mol. The first-order chi connectivity index (χ1) is 10.0. The van der Waals surface area contributed by atoms with E-state index in [0.717, 1.165) is 17.8 Å². The first kappa shape index (κ1) is 15.5. The third kappa shape index (κ3) is 3.82. The van der Waals surface area contributed by atoms with E-state index < -0.39 is 0 Å². The standard InChI is InChI=1S/C16H16BrFN2O/c1-3-19-15-8-10(2)4-6-12(15)16(21)20-14-7-5-11(18)9-13(14)17/h4-9,19H,3H2,1-2H3,(H,20,21). The van der Waals surface area contributed by atoms with Crippen molar-refractivity contribution in [1.29, 1.82) is 0 Å². The van der Waals surface area contributed by atoms with Crippen molar-refractivity contribution in [2.75, 3.05) is 17.2 Å². The molecule has 3 nitrogen and oxygen atoms in total. The van der Waals surface area contributed by atoms with E-state index >= 15 is 0 Å². The number of anilines is 2. The highest BCUT2D eigenvalue weighted by Crippen LogP contribution is 2.25. The van der Waals surface area contributed by atoms with Gasteiger partial charge in [-0.3, -0.25) is 4.79 Å². The van der Waals surface area contributed by atoms with Gasteiger partial charge in [0.05, 0.1) is 11.3 Å². The normalized spacial score (nSPS) is 10.3. The van der Waals surface area contributed by atoms with Gasteiger partial charge >= 0.3 is 0 Å². The van der Waals surface area contributed by atoms with Crippen LogP contribution in [0.2, 0.25) is 0 Å². The Morgan fingerprint density at radius 3 is 2.62 bits per heavy atom. The number of nitrogens with one attached hydrogen (secondary N) is 2. The average molecular weight is 351 g/mol. The lowest BCUT2D eigenvalue weighted by Crippen LogP contribution is -2.15. The van der Waals surface area contributed by atoms with E-state index in [1.807, 2.05) is 26.0 Å². The fraction of sp³-hybridized carbons (Fsp3) is 0.188. The Bertz CT molecular complexity index is 673. The van der Waals surface area contributed by atoms with E-state index in [1.165, 1.54) is 18.2 Å². The van der Waals surface area contributed by atoms with Crippen LogP contribution in [0.4, 0.5) is 15.8 Å². The number of benzene rings is 2. The summed E-state index contributed by atoms with van der Waals surface area (Å²) in [4.78, 5) is 12.4. The van der Waals surface area contributed by atoms with Crippen molar-refractivity contribution in [2.24, 2.45) is 0 Å². The fourth-order valence-electron chi connectivity index (χ4n) is 1.97. The molecule has 0 atom stereocenters. The van der Waals surface area contributed by atoms with Crippen molar-refractivity contribution in [3.8, 4) is 0 Å². The molecular formula is C16H16BrFN2O. The van der Waals surface area contributed by atoms with Crippen molar-refractivity contribution in [1.82, 2.24) is 0 Å². The second-order valence-corrected chi connectivity index (χ2v) is 5.51. The smallest absolute Gasteiger partial charge is 0.257 e. The molecule has 0 unspecified atom stereocenters. The van der Waals surface area contributed by atoms with E-state index in [0.29, 0.717) is 15.7 Å². The van der Waals surface area contributed by atoms with Crippen molar-refractivity contribution in [3.63, 3.8) is 0 Å². The Kier molecular flexibility index (Phi) is 4.96. The summed E-state index contributed by atoms with van der Waals surface area (Å²) in [6, 6.07) is 9.74. The number of carbonyl (C=O) groups excluding carboxylic acids is 1. The lowest BCUT2D eigenvalue weighted by atomic mass is 10.1. The third-order valence-electron chi connectivity index (χ3n) is 2.97. The number of aryl methyl sites for hydroxylation is 1. The lowest BCUT2D eigenvalue weighted by molar-refractivity contribution is 0.102. The van der Waals surface area contributed by atoms with E-state index in [1.54, 1.807) is 6.07 Å². The summed E-state index contributed by atoms with van der Waals surface area (Å²) in [6.45, 7) is 4.67. The summed E-state index contributed by atoms with van der Waals surface area (Å²) in [5.74, 6) is -0.596. The number of hydrogen-bond acceptors (Lipinski definition) is 2. The van der Waals surface area contributed by atoms with Crippen molar-refractivity contribution < 1.29 is 9.18 Å². The number of amides is 1. The predicted molar refractivity (Wildman–Crippen MR) is 87.4 cm³/mol. The van der Waals surface area contributed by atoms with Gasteiger partial charge < -0.3 is 10.6 Å². The molecule has 0 radical (unpaired) electrons. The zero-order chi connectivity index (χ0) is 15.4. The molecule has 0 saturated carbocycles. The van der Waals surface area contributed by atoms with E-state index in [4.69, 9.17) is 0 Å². The van der Waals surface area contributed by atoms with Gasteiger partial charge in [-0.1, -0.05) is 6.07 Å². The first-order valence-corrected chi connectivity index (χ1v) is 7.41. The minimum atomic E-state index is -0.358. The van der Waals surface area contributed by atoms with Gasteiger partial charge in [-0.15, -0.1) is 0 Å². The summed E-state index contributed by atoms with van der Waals surface area (Å²) in [6.07, 6.45) is 0. The van der Waals surface area contributed by atoms with Gasteiger partial charge in [0.2, 0.25) is 0 Å². The van der Waals surface area contributed by atoms with Gasteiger partial charge in [0.25, 0.3) is 5.91 Å². The van der Waals surface area contributed by atoms with Crippen LogP contribution in [0.1, 0.15) is 22.8 Å². The molecule has 0 spiro atoms. The largest absolute Gasteiger partial charge is 0.385 e. The van der Waals surface area contributed by atoms with Crippen LogP contribution in [0.5, 0.6) is 0 Å². The number of rotatable bonds is 4. The quantitative estimate of drug-likeness (QED) is 0.847. The maximum absolute atomic E-state index is 13.1. The number of carbonyl (C=O) groups is 1. The molecule has 2 rings (SSSR count). The van der Waals surface area contributed by atoms with Gasteiger partial charge in [-0.25, -0.2) is 4.39 Å². The molecule has 0 fully saturated rings. The van der Waals surface area contributed by atoms with E-state index in [2.05, 4.69) is 26.6 Å². The topological polar surface area (TPSA) is 41.1 Å². The Hall–Kier alpha value is -1.88. The van der Waals surface area contributed by atoms with Gasteiger partial charge in [0.1, 0.15) is 5.82 Å². The van der Waals surface area contributed by atoms with Crippen LogP contribution in [0.25, 0.3) is 0 Å². The summed E-state index contributed by atoms with van der Waals surface area (Å²) in [5.41, 5.74) is 2.95. The summed E-state index contributed by atoms with van der Waals surface area (Å²) in [7, 11) is 0. The van der Waals surface area contributed by atoms with E-state index in [9.17, 15) is 9.18 Å². The fourth-order valence-corrected chi connectivity index (χ4v) is 2.42. The second-order valence-electron chi connectivity index (χ2n) is 4.66. The van der Waals surface area contributed by atoms with Crippen molar-refractivity contribution >= 4 is 33.2 Å². The molecule has 0 saturated heterocycles. The molecule has 110 valence electrons. The van der Waals surface area contributed by atoms with Crippen LogP contribution < -0.4 is 10.6 Å². The SMILES string of the molecule is CCNc1cc(C)ccc1C(=O)Nc1ccc(F)cc1Br. The lowest BCUT2D eigenvalue weighted by Gasteiger charge is -2.13. The molecule has 0 aromatic heterocycles. The summed E-state index contributed by atoms with van der Waals surface area (Å²) >= 11 is 3.24. The maximum Gasteiger partial charge on any atom is 0.257 e. The highest BCUT2D eigenvalue weighted by Gasteiger charge is 2.13. The molecule has 0 bridgehead atoms. The van der Waals surface area contributed by atoms with Crippen LogP contribution in [0.3, 0.4) is 0 Å². The van der Waals surface area contributed by atoms with Crippen LogP contribution in [-0.4, -0.2) is 12.5 Å². The molecular weight excluding hydrogens is 335 g/mol. The minimum Gasteiger partial charge on any atom is -0.385 e. The third-order valence-corrected chi connectivity index (χ3v) is 3.62. The average Bonchev–Trinajstić information content (AvgIpc) is 2.42. The Labute approximate surface area is 131 Å². The van der Waals surface area contributed by atoms with Crippen LogP contribution in [0.15, 0.2) is 40.9 Å². The minimum absolute atomic E-state index is 0.238. The van der Waals surface area contributed by atoms with Gasteiger partial charge in [0.15, 0.2) is 0 Å². The number of hydrogen-bond donors (Lipinski definition) is 2. The molecule has 0 aliphatic carbocycles. The Balaban J connectivity index is 2.28. The number of halogens is 2. The van der Waals surface area contributed by atoms with Crippen LogP contribution in [0, 0.1) is 12.7 Å². The molecule has 2 aromatic rings. The maximum atomic E-state index is 13.1. The Morgan fingerprint density at radius 1 is 1.19 bits per heavy atom. The highest BCUT2D eigenvalue weighted by atomic mass is 79.9. The molecule has 0 aliphatic rings. The molecule has 2 N–H and O–H groups in total. The van der Waals surface area contributed by atoms with Gasteiger partial charge in [0, 0.05) is 16.7 Å².